The number of benzene rings is 1. The van der Waals surface area contributed by atoms with Crippen molar-refractivity contribution >= 4 is 23.1 Å². The lowest BCUT2D eigenvalue weighted by Crippen LogP contribution is -2.60. The second-order valence-electron chi connectivity index (χ2n) is 13.2. The van der Waals surface area contributed by atoms with E-state index in [1.165, 1.54) is 57.2 Å². The molecule has 43 heavy (non-hydrogen) atoms. The molecule has 1 saturated carbocycles. The molecule has 0 radical (unpaired) electrons. The number of urea groups is 1. The zero-order valence-electron chi connectivity index (χ0n) is 26.4. The average Bonchev–Trinajstić information content (AvgIpc) is 3.58. The summed E-state index contributed by atoms with van der Waals surface area (Å²) in [6.07, 6.45) is 13.8. The molecule has 230 valence electrons. The first-order valence-electron chi connectivity index (χ1n) is 16.8. The number of nitriles is 1. The number of likely N-dealkylation sites (tertiary alicyclic amines) is 1. The summed E-state index contributed by atoms with van der Waals surface area (Å²) in [6, 6.07) is 12.5. The number of hydrogen-bond donors (Lipinski definition) is 1. The van der Waals surface area contributed by atoms with Crippen LogP contribution in [0.4, 0.5) is 21.9 Å². The summed E-state index contributed by atoms with van der Waals surface area (Å²) >= 11 is 0. The number of nitrogens with zero attached hydrogens (tertiary/aromatic N) is 6. The molecule has 2 atom stereocenters. The van der Waals surface area contributed by atoms with Crippen molar-refractivity contribution in [2.45, 2.75) is 102 Å². The van der Waals surface area contributed by atoms with Gasteiger partial charge in [-0.25, -0.2) is 9.78 Å². The highest BCUT2D eigenvalue weighted by Crippen LogP contribution is 2.38. The Morgan fingerprint density at radius 3 is 2.35 bits per heavy atom. The smallest absolute Gasteiger partial charge is 0.320 e. The zero-order chi connectivity index (χ0) is 29.9. The molecule has 0 spiro atoms. The van der Waals surface area contributed by atoms with Crippen LogP contribution in [-0.4, -0.2) is 83.6 Å². The lowest BCUT2D eigenvalue weighted by Gasteiger charge is -2.48. The van der Waals surface area contributed by atoms with E-state index in [1.807, 2.05) is 18.1 Å². The molecule has 4 heterocycles. The molecule has 4 aliphatic rings. The fraction of sp³-hybridized carbons (Fsp3) is 0.629. The second-order valence-corrected chi connectivity index (χ2v) is 13.2. The van der Waals surface area contributed by atoms with E-state index in [-0.39, 0.29) is 18.1 Å². The van der Waals surface area contributed by atoms with Crippen LogP contribution in [0.2, 0.25) is 0 Å². The quantitative estimate of drug-likeness (QED) is 0.401. The summed E-state index contributed by atoms with van der Waals surface area (Å²) < 4.78 is 0. The highest BCUT2D eigenvalue weighted by molar-refractivity contribution is 5.77. The molecular weight excluding hydrogens is 534 g/mol. The molecule has 0 bridgehead atoms. The van der Waals surface area contributed by atoms with Gasteiger partial charge in [-0.1, -0.05) is 31.9 Å². The Bertz CT molecular complexity index is 1310. The standard InChI is InChI=1S/C35H49N7O/c1-4-30-33(41-19-7-11-32(25(41)2)42-20-8-18-39(3)35(42)43)24-37-31(23-36)34(30)38-28-14-12-26(13-15-28)27-16-21-40(22-17-27)29-9-5-6-10-29/h12-15,24-25,27,29,32,38H,4-11,16-22H2,1-3H3. The van der Waals surface area contributed by atoms with Gasteiger partial charge < -0.3 is 24.9 Å². The van der Waals surface area contributed by atoms with Crippen molar-refractivity contribution < 1.29 is 4.79 Å². The number of pyridine rings is 1. The van der Waals surface area contributed by atoms with Gasteiger partial charge in [-0.2, -0.15) is 5.26 Å². The highest BCUT2D eigenvalue weighted by Gasteiger charge is 2.38. The van der Waals surface area contributed by atoms with Crippen LogP contribution >= 0.6 is 0 Å². The highest BCUT2D eigenvalue weighted by atomic mass is 16.2. The minimum absolute atomic E-state index is 0.142. The third-order valence-corrected chi connectivity index (χ3v) is 10.8. The van der Waals surface area contributed by atoms with Crippen LogP contribution in [0.15, 0.2) is 30.5 Å². The molecule has 3 saturated heterocycles. The molecule has 8 heteroatoms. The normalized spacial score (nSPS) is 24.4. The molecule has 2 amide bonds. The average molecular weight is 584 g/mol. The molecule has 8 nitrogen and oxygen atoms in total. The molecule has 4 fully saturated rings. The largest absolute Gasteiger partial charge is 0.365 e. The predicted molar refractivity (Wildman–Crippen MR) is 173 cm³/mol. The van der Waals surface area contributed by atoms with Crippen molar-refractivity contribution in [1.82, 2.24) is 19.7 Å². The van der Waals surface area contributed by atoms with E-state index in [2.05, 4.69) is 69.2 Å². The SMILES string of the molecule is CCc1c(N2CCCC(N3CCCN(C)C3=O)C2C)cnc(C#N)c1Nc1ccc(C2CCN(C3CCCC3)CC2)cc1. The first kappa shape index (κ1) is 29.7. The number of carbonyl (C=O) groups is 1. The number of aromatic nitrogens is 1. The number of rotatable bonds is 7. The number of hydrogen-bond acceptors (Lipinski definition) is 6. The minimum Gasteiger partial charge on any atom is -0.365 e. The van der Waals surface area contributed by atoms with Gasteiger partial charge in [0.05, 0.1) is 23.6 Å². The number of amides is 2. The maximum atomic E-state index is 13.0. The lowest BCUT2D eigenvalue weighted by atomic mass is 9.88. The maximum Gasteiger partial charge on any atom is 0.320 e. The zero-order valence-corrected chi connectivity index (χ0v) is 26.4. The number of carbonyl (C=O) groups excluding carboxylic acids is 1. The van der Waals surface area contributed by atoms with Gasteiger partial charge in [0.1, 0.15) is 6.07 Å². The van der Waals surface area contributed by atoms with Crippen LogP contribution in [0, 0.1) is 11.3 Å². The van der Waals surface area contributed by atoms with Crippen LogP contribution < -0.4 is 10.2 Å². The Morgan fingerprint density at radius 2 is 1.65 bits per heavy atom. The van der Waals surface area contributed by atoms with E-state index in [0.717, 1.165) is 74.0 Å². The predicted octanol–water partition coefficient (Wildman–Crippen LogP) is 6.50. The first-order chi connectivity index (χ1) is 21.0. The van der Waals surface area contributed by atoms with E-state index in [9.17, 15) is 10.1 Å². The Balaban J connectivity index is 1.19. The Hall–Kier alpha value is -3.31. The Morgan fingerprint density at radius 1 is 0.930 bits per heavy atom. The van der Waals surface area contributed by atoms with Gasteiger partial charge in [-0.3, -0.25) is 0 Å². The molecular formula is C35H49N7O. The summed E-state index contributed by atoms with van der Waals surface area (Å²) in [5, 5.41) is 13.6. The van der Waals surface area contributed by atoms with Crippen LogP contribution in [0.5, 0.6) is 0 Å². The van der Waals surface area contributed by atoms with Gasteiger partial charge in [0, 0.05) is 50.0 Å². The summed E-state index contributed by atoms with van der Waals surface area (Å²) in [7, 11) is 1.91. The third-order valence-electron chi connectivity index (χ3n) is 10.8. The van der Waals surface area contributed by atoms with Crippen molar-refractivity contribution in [3.05, 3.63) is 47.3 Å². The van der Waals surface area contributed by atoms with Crippen molar-refractivity contribution in [1.29, 1.82) is 5.26 Å². The maximum absolute atomic E-state index is 13.0. The molecule has 3 aliphatic heterocycles. The van der Waals surface area contributed by atoms with Gasteiger partial charge in [0.25, 0.3) is 0 Å². The second kappa shape index (κ2) is 13.1. The van der Waals surface area contributed by atoms with E-state index < -0.39 is 0 Å². The van der Waals surface area contributed by atoms with E-state index >= 15 is 0 Å². The molecule has 2 unspecified atom stereocenters. The molecule has 1 aromatic carbocycles. The lowest BCUT2D eigenvalue weighted by molar-refractivity contribution is 0.101. The van der Waals surface area contributed by atoms with E-state index in [0.29, 0.717) is 11.6 Å². The van der Waals surface area contributed by atoms with Crippen LogP contribution in [0.25, 0.3) is 0 Å². The van der Waals surface area contributed by atoms with Crippen molar-refractivity contribution in [3.8, 4) is 6.07 Å². The summed E-state index contributed by atoms with van der Waals surface area (Å²) in [5.74, 6) is 0.623. The van der Waals surface area contributed by atoms with Crippen LogP contribution in [-0.2, 0) is 6.42 Å². The van der Waals surface area contributed by atoms with Crippen LogP contribution in [0.1, 0.15) is 94.4 Å². The van der Waals surface area contributed by atoms with Crippen LogP contribution in [0.3, 0.4) is 0 Å². The summed E-state index contributed by atoms with van der Waals surface area (Å²) in [4.78, 5) is 26.8. The fourth-order valence-electron chi connectivity index (χ4n) is 8.29. The molecule has 1 N–H and O–H groups in total. The Kier molecular flexibility index (Phi) is 9.09. The van der Waals surface area contributed by atoms with E-state index in [1.54, 1.807) is 0 Å². The molecule has 1 aromatic heterocycles. The van der Waals surface area contributed by atoms with Gasteiger partial charge in [0.15, 0.2) is 5.69 Å². The van der Waals surface area contributed by atoms with Gasteiger partial charge in [-0.15, -0.1) is 0 Å². The first-order valence-corrected chi connectivity index (χ1v) is 16.8. The number of anilines is 3. The fourth-order valence-corrected chi connectivity index (χ4v) is 8.29. The number of piperidine rings is 2. The van der Waals surface area contributed by atoms with Crippen molar-refractivity contribution in [2.75, 3.05) is 50.0 Å². The minimum atomic E-state index is 0.142. The topological polar surface area (TPSA) is 78.7 Å². The van der Waals surface area contributed by atoms with Crippen molar-refractivity contribution in [2.24, 2.45) is 0 Å². The third kappa shape index (κ3) is 6.06. The summed E-state index contributed by atoms with van der Waals surface area (Å²) in [5.41, 5.74) is 5.84. The monoisotopic (exact) mass is 583 g/mol. The van der Waals surface area contributed by atoms with Gasteiger partial charge in [0.2, 0.25) is 0 Å². The molecule has 1 aliphatic carbocycles. The van der Waals surface area contributed by atoms with Gasteiger partial charge in [-0.05, 0) is 95.0 Å². The van der Waals surface area contributed by atoms with Gasteiger partial charge >= 0.3 is 6.03 Å². The molecule has 2 aromatic rings. The van der Waals surface area contributed by atoms with E-state index in [4.69, 9.17) is 0 Å². The molecule has 6 rings (SSSR count). The Labute approximate surface area is 258 Å². The number of nitrogens with one attached hydrogen (secondary N) is 1. The van der Waals surface area contributed by atoms with Crippen molar-refractivity contribution in [3.63, 3.8) is 0 Å². The summed E-state index contributed by atoms with van der Waals surface area (Å²) in [6.45, 7) is 9.41.